The van der Waals surface area contributed by atoms with Crippen LogP contribution in [0, 0.1) is 5.82 Å². The van der Waals surface area contributed by atoms with Crippen LogP contribution in [-0.2, 0) is 5.88 Å². The fourth-order valence-electron chi connectivity index (χ4n) is 2.36. The number of halogens is 2. The molecule has 0 aliphatic carbocycles. The van der Waals surface area contributed by atoms with E-state index in [0.717, 1.165) is 17.8 Å². The first-order valence-corrected chi connectivity index (χ1v) is 6.36. The van der Waals surface area contributed by atoms with Crippen LogP contribution in [0.5, 0.6) is 0 Å². The molecule has 0 amide bonds. The summed E-state index contributed by atoms with van der Waals surface area (Å²) in [6.45, 7) is 3.22. The smallest absolute Gasteiger partial charge is 0.125 e. The van der Waals surface area contributed by atoms with Crippen LogP contribution in [0.1, 0.15) is 31.7 Å². The Morgan fingerprint density at radius 3 is 2.88 bits per heavy atom. The number of hydrogen-bond donors (Lipinski definition) is 0. The van der Waals surface area contributed by atoms with E-state index in [4.69, 9.17) is 11.6 Å². The number of anilines is 1. The topological polar surface area (TPSA) is 3.24 Å². The van der Waals surface area contributed by atoms with E-state index < -0.39 is 0 Å². The van der Waals surface area contributed by atoms with E-state index in [-0.39, 0.29) is 5.82 Å². The van der Waals surface area contributed by atoms with Crippen molar-refractivity contribution >= 4 is 17.3 Å². The van der Waals surface area contributed by atoms with Gasteiger partial charge in [0.2, 0.25) is 0 Å². The fourth-order valence-corrected chi connectivity index (χ4v) is 2.51. The molecule has 0 saturated carbocycles. The van der Waals surface area contributed by atoms with Crippen LogP contribution in [0.15, 0.2) is 18.2 Å². The van der Waals surface area contributed by atoms with Crippen molar-refractivity contribution in [2.45, 2.75) is 38.1 Å². The van der Waals surface area contributed by atoms with Crippen molar-refractivity contribution < 1.29 is 4.39 Å². The molecular formula is C13H17ClFN. The maximum atomic E-state index is 13.4. The second-order valence-electron chi connectivity index (χ2n) is 4.49. The van der Waals surface area contributed by atoms with Crippen molar-refractivity contribution in [2.75, 3.05) is 11.4 Å². The molecule has 1 heterocycles. The molecule has 88 valence electrons. The first-order chi connectivity index (χ1) is 7.70. The van der Waals surface area contributed by atoms with Crippen molar-refractivity contribution in [1.29, 1.82) is 0 Å². The van der Waals surface area contributed by atoms with Gasteiger partial charge in [-0.3, -0.25) is 0 Å². The zero-order valence-electron chi connectivity index (χ0n) is 9.55. The third kappa shape index (κ3) is 2.49. The summed E-state index contributed by atoms with van der Waals surface area (Å²) in [5.74, 6) is 0.179. The molecule has 1 nitrogen and oxygen atoms in total. The summed E-state index contributed by atoms with van der Waals surface area (Å²) in [6.07, 6.45) is 3.65. The van der Waals surface area contributed by atoms with Crippen molar-refractivity contribution in [2.24, 2.45) is 0 Å². The van der Waals surface area contributed by atoms with Crippen LogP contribution in [0.3, 0.4) is 0 Å². The predicted octanol–water partition coefficient (Wildman–Crippen LogP) is 3.94. The van der Waals surface area contributed by atoms with Gasteiger partial charge in [0.1, 0.15) is 5.82 Å². The number of hydrogen-bond acceptors (Lipinski definition) is 1. The maximum absolute atomic E-state index is 13.4. The van der Waals surface area contributed by atoms with Crippen molar-refractivity contribution in [3.8, 4) is 0 Å². The van der Waals surface area contributed by atoms with Gasteiger partial charge in [0.25, 0.3) is 0 Å². The van der Waals surface area contributed by atoms with Crippen LogP contribution in [0.4, 0.5) is 10.1 Å². The highest BCUT2D eigenvalue weighted by atomic mass is 35.5. The molecule has 16 heavy (non-hydrogen) atoms. The van der Waals surface area contributed by atoms with Gasteiger partial charge in [-0.1, -0.05) is 0 Å². The van der Waals surface area contributed by atoms with Crippen molar-refractivity contribution in [3.05, 3.63) is 29.6 Å². The molecule has 1 atom stereocenters. The van der Waals surface area contributed by atoms with E-state index in [1.54, 1.807) is 6.07 Å². The lowest BCUT2D eigenvalue weighted by molar-refractivity contribution is 0.483. The highest BCUT2D eigenvalue weighted by molar-refractivity contribution is 6.17. The Hall–Kier alpha value is -0.760. The van der Waals surface area contributed by atoms with Crippen LogP contribution in [-0.4, -0.2) is 12.6 Å². The summed E-state index contributed by atoms with van der Waals surface area (Å²) < 4.78 is 13.4. The van der Waals surface area contributed by atoms with Gasteiger partial charge in [0.05, 0.1) is 0 Å². The molecule has 1 aromatic rings. The van der Waals surface area contributed by atoms with Crippen LogP contribution in [0.25, 0.3) is 0 Å². The lowest BCUT2D eigenvalue weighted by atomic mass is 10.0. The molecule has 0 radical (unpaired) electrons. The van der Waals surface area contributed by atoms with Crippen molar-refractivity contribution in [1.82, 2.24) is 0 Å². The van der Waals surface area contributed by atoms with Gasteiger partial charge in [-0.25, -0.2) is 4.39 Å². The molecule has 0 aromatic heterocycles. The van der Waals surface area contributed by atoms with E-state index in [2.05, 4.69) is 11.8 Å². The van der Waals surface area contributed by atoms with Crippen LogP contribution >= 0.6 is 11.6 Å². The molecule has 1 saturated heterocycles. The lowest BCUT2D eigenvalue weighted by Gasteiger charge is -2.35. The first kappa shape index (κ1) is 11.7. The molecular weight excluding hydrogens is 225 g/mol. The zero-order valence-corrected chi connectivity index (χ0v) is 10.3. The summed E-state index contributed by atoms with van der Waals surface area (Å²) >= 11 is 5.76. The average molecular weight is 242 g/mol. The molecule has 1 fully saturated rings. The summed E-state index contributed by atoms with van der Waals surface area (Å²) in [6, 6.07) is 5.61. The second-order valence-corrected chi connectivity index (χ2v) is 4.76. The Labute approximate surface area is 101 Å². The third-order valence-electron chi connectivity index (χ3n) is 3.23. The third-order valence-corrected chi connectivity index (χ3v) is 3.54. The van der Waals surface area contributed by atoms with E-state index in [0.29, 0.717) is 11.9 Å². The summed E-state index contributed by atoms with van der Waals surface area (Å²) in [5, 5.41) is 0. The monoisotopic (exact) mass is 241 g/mol. The first-order valence-electron chi connectivity index (χ1n) is 5.83. The highest BCUT2D eigenvalue weighted by Crippen LogP contribution is 2.26. The molecule has 2 rings (SSSR count). The molecule has 0 bridgehead atoms. The number of benzene rings is 1. The molecule has 1 aliphatic rings. The molecule has 0 N–H and O–H groups in total. The SMILES string of the molecule is CC1CCCCN1c1cc(F)cc(CCl)c1. The van der Waals surface area contributed by atoms with Gasteiger partial charge >= 0.3 is 0 Å². The highest BCUT2D eigenvalue weighted by Gasteiger charge is 2.19. The second kappa shape index (κ2) is 5.05. The van der Waals surface area contributed by atoms with Crippen LogP contribution in [0.2, 0.25) is 0 Å². The number of alkyl halides is 1. The summed E-state index contributed by atoms with van der Waals surface area (Å²) in [5.41, 5.74) is 1.83. The largest absolute Gasteiger partial charge is 0.369 e. The van der Waals surface area contributed by atoms with Crippen LogP contribution < -0.4 is 4.90 Å². The standard InChI is InChI=1S/C13H17ClFN/c1-10-4-2-3-5-16(10)13-7-11(9-14)6-12(15)8-13/h6-8,10H,2-5,9H2,1H3. The van der Waals surface area contributed by atoms with E-state index in [1.807, 2.05) is 6.07 Å². The Balaban J connectivity index is 2.27. The Bertz CT molecular complexity index is 367. The fraction of sp³-hybridized carbons (Fsp3) is 0.538. The van der Waals surface area contributed by atoms with E-state index in [9.17, 15) is 4.39 Å². The normalized spacial score (nSPS) is 21.2. The Kier molecular flexibility index (Phi) is 3.70. The minimum atomic E-state index is -0.189. The van der Waals surface area contributed by atoms with E-state index >= 15 is 0 Å². The Morgan fingerprint density at radius 1 is 1.38 bits per heavy atom. The quantitative estimate of drug-likeness (QED) is 0.709. The van der Waals surface area contributed by atoms with Gasteiger partial charge in [-0.2, -0.15) is 0 Å². The Morgan fingerprint density at radius 2 is 2.19 bits per heavy atom. The van der Waals surface area contributed by atoms with Gasteiger partial charge in [-0.05, 0) is 49.9 Å². The minimum absolute atomic E-state index is 0.189. The minimum Gasteiger partial charge on any atom is -0.369 e. The number of nitrogens with zero attached hydrogens (tertiary/aromatic N) is 1. The molecule has 1 aromatic carbocycles. The van der Waals surface area contributed by atoms with Gasteiger partial charge in [0.15, 0.2) is 0 Å². The summed E-state index contributed by atoms with van der Waals surface area (Å²) in [7, 11) is 0. The number of rotatable bonds is 2. The molecule has 1 aliphatic heterocycles. The average Bonchev–Trinajstić information content (AvgIpc) is 2.28. The van der Waals surface area contributed by atoms with E-state index in [1.165, 1.54) is 25.3 Å². The molecule has 3 heteroatoms. The van der Waals surface area contributed by atoms with Gasteiger partial charge in [0, 0.05) is 24.2 Å². The zero-order chi connectivity index (χ0) is 11.5. The maximum Gasteiger partial charge on any atom is 0.125 e. The summed E-state index contributed by atoms with van der Waals surface area (Å²) in [4.78, 5) is 2.28. The molecule has 1 unspecified atom stereocenters. The van der Waals surface area contributed by atoms with Gasteiger partial charge < -0.3 is 4.90 Å². The molecule has 0 spiro atoms. The lowest BCUT2D eigenvalue weighted by Crippen LogP contribution is -2.37. The number of piperidine rings is 1. The van der Waals surface area contributed by atoms with Crippen molar-refractivity contribution in [3.63, 3.8) is 0 Å². The van der Waals surface area contributed by atoms with Gasteiger partial charge in [-0.15, -0.1) is 11.6 Å². The predicted molar refractivity (Wildman–Crippen MR) is 66.6 cm³/mol.